The van der Waals surface area contributed by atoms with Crippen LogP contribution in [0.2, 0.25) is 0 Å². The molecule has 3 N–H and O–H groups in total. The van der Waals surface area contributed by atoms with E-state index < -0.39 is 17.8 Å². The Hall–Kier alpha value is -1.18. The maximum Gasteiger partial charge on any atom is 0.417 e. The van der Waals surface area contributed by atoms with Crippen LogP contribution in [-0.4, -0.2) is 17.7 Å². The van der Waals surface area contributed by atoms with E-state index in [1.54, 1.807) is 0 Å². The Balaban J connectivity index is 2.76. The van der Waals surface area contributed by atoms with Crippen LogP contribution in [0, 0.1) is 0 Å². The van der Waals surface area contributed by atoms with Crippen LogP contribution in [0.15, 0.2) is 18.3 Å². The van der Waals surface area contributed by atoms with Crippen molar-refractivity contribution >= 4 is 0 Å². The lowest BCUT2D eigenvalue weighted by atomic mass is 10.1. The van der Waals surface area contributed by atoms with E-state index in [9.17, 15) is 13.2 Å². The first-order chi connectivity index (χ1) is 8.34. The lowest BCUT2D eigenvalue weighted by Crippen LogP contribution is -2.32. The largest absolute Gasteiger partial charge is 0.417 e. The van der Waals surface area contributed by atoms with Gasteiger partial charge in [0, 0.05) is 6.20 Å². The third kappa shape index (κ3) is 4.25. The number of hydrogen-bond donors (Lipinski definition) is 2. The van der Waals surface area contributed by atoms with Crippen molar-refractivity contribution in [1.82, 2.24) is 10.4 Å². The molecule has 18 heavy (non-hydrogen) atoms. The molecule has 0 saturated carbocycles. The third-order valence-electron chi connectivity index (χ3n) is 2.27. The highest BCUT2D eigenvalue weighted by molar-refractivity contribution is 5.18. The Bertz CT molecular complexity index is 365. The topological polar surface area (TPSA) is 60.2 Å². The van der Waals surface area contributed by atoms with Gasteiger partial charge in [0.1, 0.15) is 0 Å². The van der Waals surface area contributed by atoms with Gasteiger partial charge in [-0.25, -0.2) is 5.43 Å². The van der Waals surface area contributed by atoms with Crippen molar-refractivity contribution in [3.63, 3.8) is 0 Å². The zero-order valence-corrected chi connectivity index (χ0v) is 10.2. The average Bonchev–Trinajstić information content (AvgIpc) is 2.29. The van der Waals surface area contributed by atoms with Crippen LogP contribution in [0.25, 0.3) is 0 Å². The Kier molecular flexibility index (Phi) is 5.06. The van der Waals surface area contributed by atoms with Crippen molar-refractivity contribution in [1.29, 1.82) is 0 Å². The minimum atomic E-state index is -4.38. The highest BCUT2D eigenvalue weighted by Gasteiger charge is 2.30. The van der Waals surface area contributed by atoms with E-state index in [-0.39, 0.29) is 12.7 Å². The molecule has 0 radical (unpaired) electrons. The molecule has 1 rings (SSSR count). The SMILES string of the molecule is CC(C)OCC(NN)c1ccc(C(F)(F)F)cn1. The number of alkyl halides is 3. The molecular formula is C11H16F3N3O. The Labute approximate surface area is 103 Å². The molecule has 1 aromatic heterocycles. The van der Waals surface area contributed by atoms with E-state index in [1.165, 1.54) is 6.07 Å². The maximum atomic E-state index is 12.4. The Morgan fingerprint density at radius 2 is 2.06 bits per heavy atom. The van der Waals surface area contributed by atoms with Gasteiger partial charge in [-0.1, -0.05) is 0 Å². The van der Waals surface area contributed by atoms with Crippen LogP contribution in [0.1, 0.15) is 31.1 Å². The van der Waals surface area contributed by atoms with E-state index in [0.29, 0.717) is 5.69 Å². The van der Waals surface area contributed by atoms with Crippen LogP contribution < -0.4 is 11.3 Å². The van der Waals surface area contributed by atoms with Crippen molar-refractivity contribution in [2.24, 2.45) is 5.84 Å². The Morgan fingerprint density at radius 3 is 2.44 bits per heavy atom. The molecule has 0 aliphatic heterocycles. The first-order valence-electron chi connectivity index (χ1n) is 5.45. The van der Waals surface area contributed by atoms with Crippen molar-refractivity contribution in [2.45, 2.75) is 32.2 Å². The number of nitrogens with two attached hydrogens (primary N) is 1. The second kappa shape index (κ2) is 6.12. The fourth-order valence-electron chi connectivity index (χ4n) is 1.29. The summed E-state index contributed by atoms with van der Waals surface area (Å²) in [5.41, 5.74) is 2.09. The molecule has 1 heterocycles. The quantitative estimate of drug-likeness (QED) is 0.630. The highest BCUT2D eigenvalue weighted by Crippen LogP contribution is 2.28. The summed E-state index contributed by atoms with van der Waals surface area (Å²) in [6, 6.07) is 1.83. The summed E-state index contributed by atoms with van der Waals surface area (Å²) in [6.45, 7) is 3.95. The highest BCUT2D eigenvalue weighted by atomic mass is 19.4. The molecule has 0 amide bonds. The number of halogens is 3. The molecular weight excluding hydrogens is 247 g/mol. The van der Waals surface area contributed by atoms with E-state index >= 15 is 0 Å². The number of ether oxygens (including phenoxy) is 1. The first-order valence-corrected chi connectivity index (χ1v) is 5.45. The van der Waals surface area contributed by atoms with Gasteiger partial charge in [0.05, 0.1) is 30.0 Å². The fourth-order valence-corrected chi connectivity index (χ4v) is 1.29. The average molecular weight is 263 g/mol. The summed E-state index contributed by atoms with van der Waals surface area (Å²) in [5, 5.41) is 0. The smallest absolute Gasteiger partial charge is 0.377 e. The van der Waals surface area contributed by atoms with Crippen LogP contribution in [-0.2, 0) is 10.9 Å². The van der Waals surface area contributed by atoms with Crippen LogP contribution in [0.4, 0.5) is 13.2 Å². The lowest BCUT2D eigenvalue weighted by Gasteiger charge is -2.17. The monoisotopic (exact) mass is 263 g/mol. The molecule has 102 valence electrons. The second-order valence-corrected chi connectivity index (χ2v) is 4.07. The number of pyridine rings is 1. The number of rotatable bonds is 5. The van der Waals surface area contributed by atoms with Gasteiger partial charge < -0.3 is 4.74 Å². The molecule has 0 aromatic carbocycles. The number of hydrogen-bond acceptors (Lipinski definition) is 4. The number of nitrogens with one attached hydrogen (secondary N) is 1. The first kappa shape index (κ1) is 14.9. The van der Waals surface area contributed by atoms with Crippen LogP contribution >= 0.6 is 0 Å². The predicted octanol–water partition coefficient (Wildman–Crippen LogP) is 2.03. The molecule has 4 nitrogen and oxygen atoms in total. The summed E-state index contributed by atoms with van der Waals surface area (Å²) in [5.74, 6) is 5.32. The molecule has 0 bridgehead atoms. The van der Waals surface area contributed by atoms with Gasteiger partial charge >= 0.3 is 6.18 Å². The van der Waals surface area contributed by atoms with Gasteiger partial charge in [-0.2, -0.15) is 13.2 Å². The van der Waals surface area contributed by atoms with Crippen LogP contribution in [0.5, 0.6) is 0 Å². The number of aromatic nitrogens is 1. The van der Waals surface area contributed by atoms with Gasteiger partial charge in [-0.15, -0.1) is 0 Å². The molecule has 0 saturated heterocycles. The van der Waals surface area contributed by atoms with Gasteiger partial charge in [0.25, 0.3) is 0 Å². The normalized spacial score (nSPS) is 13.9. The third-order valence-corrected chi connectivity index (χ3v) is 2.27. The van der Waals surface area contributed by atoms with Crippen molar-refractivity contribution in [2.75, 3.05) is 6.61 Å². The molecule has 7 heteroatoms. The van der Waals surface area contributed by atoms with E-state index in [0.717, 1.165) is 12.3 Å². The van der Waals surface area contributed by atoms with Crippen molar-refractivity contribution < 1.29 is 17.9 Å². The van der Waals surface area contributed by atoms with Crippen molar-refractivity contribution in [3.8, 4) is 0 Å². The van der Waals surface area contributed by atoms with Gasteiger partial charge in [-0.3, -0.25) is 10.8 Å². The Morgan fingerprint density at radius 1 is 1.39 bits per heavy atom. The maximum absolute atomic E-state index is 12.4. The van der Waals surface area contributed by atoms with Gasteiger partial charge in [-0.05, 0) is 26.0 Å². The molecule has 1 unspecified atom stereocenters. The zero-order chi connectivity index (χ0) is 13.8. The van der Waals surface area contributed by atoms with E-state index in [2.05, 4.69) is 10.4 Å². The number of hydrazine groups is 1. The van der Waals surface area contributed by atoms with E-state index in [1.807, 2.05) is 13.8 Å². The van der Waals surface area contributed by atoms with Gasteiger partial charge in [0.2, 0.25) is 0 Å². The minimum absolute atomic E-state index is 0.00954. The summed E-state index contributed by atoms with van der Waals surface area (Å²) in [7, 11) is 0. The standard InChI is InChI=1S/C11H16F3N3O/c1-7(2)18-6-10(17-15)9-4-3-8(5-16-9)11(12,13)14/h3-5,7,10,17H,6,15H2,1-2H3. The summed E-state index contributed by atoms with van der Waals surface area (Å²) in [4.78, 5) is 3.75. The summed E-state index contributed by atoms with van der Waals surface area (Å²) >= 11 is 0. The summed E-state index contributed by atoms with van der Waals surface area (Å²) < 4.78 is 42.4. The van der Waals surface area contributed by atoms with Crippen molar-refractivity contribution in [3.05, 3.63) is 29.6 Å². The summed E-state index contributed by atoms with van der Waals surface area (Å²) in [6.07, 6.45) is -3.59. The molecule has 0 fully saturated rings. The molecule has 0 aliphatic carbocycles. The predicted molar refractivity (Wildman–Crippen MR) is 60.4 cm³/mol. The molecule has 0 aliphatic rings. The van der Waals surface area contributed by atoms with Gasteiger partial charge in [0.15, 0.2) is 0 Å². The lowest BCUT2D eigenvalue weighted by molar-refractivity contribution is -0.137. The van der Waals surface area contributed by atoms with Crippen LogP contribution in [0.3, 0.4) is 0 Å². The fraction of sp³-hybridized carbons (Fsp3) is 0.545. The number of nitrogens with zero attached hydrogens (tertiary/aromatic N) is 1. The second-order valence-electron chi connectivity index (χ2n) is 4.07. The van der Waals surface area contributed by atoms with E-state index in [4.69, 9.17) is 10.6 Å². The molecule has 1 atom stereocenters. The zero-order valence-electron chi connectivity index (χ0n) is 10.2. The molecule has 0 spiro atoms. The molecule has 1 aromatic rings. The minimum Gasteiger partial charge on any atom is -0.377 e.